The lowest BCUT2D eigenvalue weighted by Crippen LogP contribution is -2.39. The molecule has 0 aliphatic carbocycles. The Morgan fingerprint density at radius 1 is 1.03 bits per heavy atom. The van der Waals surface area contributed by atoms with E-state index in [2.05, 4.69) is 10.1 Å². The minimum atomic E-state index is 0.00671. The standard InChI is InChI=1S/C22H23N3O4/c1-27-18-9-5-15(6-10-18)20-23-21(29-24-20)17-4-3-13-25(14-17)22(26)16-7-11-19(28-2)12-8-16/h5-12,17H,3-4,13-14H2,1-2H3/t17-/m0/s1. The van der Waals surface area contributed by atoms with Crippen molar-refractivity contribution < 1.29 is 18.8 Å². The molecule has 7 heteroatoms. The summed E-state index contributed by atoms with van der Waals surface area (Å²) in [6, 6.07) is 14.7. The molecular formula is C22H23N3O4. The van der Waals surface area contributed by atoms with Crippen molar-refractivity contribution in [1.29, 1.82) is 0 Å². The number of rotatable bonds is 5. The summed E-state index contributed by atoms with van der Waals surface area (Å²) >= 11 is 0. The van der Waals surface area contributed by atoms with Gasteiger partial charge in [-0.2, -0.15) is 4.98 Å². The summed E-state index contributed by atoms with van der Waals surface area (Å²) in [5, 5.41) is 4.12. The van der Waals surface area contributed by atoms with Gasteiger partial charge in [-0.05, 0) is 61.4 Å². The van der Waals surface area contributed by atoms with Crippen molar-refractivity contribution in [3.05, 3.63) is 60.0 Å². The van der Waals surface area contributed by atoms with E-state index in [9.17, 15) is 4.79 Å². The van der Waals surface area contributed by atoms with Gasteiger partial charge < -0.3 is 18.9 Å². The van der Waals surface area contributed by atoms with Gasteiger partial charge in [-0.1, -0.05) is 5.16 Å². The predicted molar refractivity (Wildman–Crippen MR) is 107 cm³/mol. The molecule has 0 radical (unpaired) electrons. The van der Waals surface area contributed by atoms with Gasteiger partial charge in [-0.25, -0.2) is 0 Å². The number of aromatic nitrogens is 2. The number of hydrogen-bond acceptors (Lipinski definition) is 6. The highest BCUT2D eigenvalue weighted by Crippen LogP contribution is 2.29. The quantitative estimate of drug-likeness (QED) is 0.657. The van der Waals surface area contributed by atoms with Crippen molar-refractivity contribution in [2.24, 2.45) is 0 Å². The molecule has 0 spiro atoms. The van der Waals surface area contributed by atoms with Crippen LogP contribution >= 0.6 is 0 Å². The molecule has 150 valence electrons. The van der Waals surface area contributed by atoms with E-state index in [4.69, 9.17) is 14.0 Å². The average Bonchev–Trinajstić information content (AvgIpc) is 3.29. The smallest absolute Gasteiger partial charge is 0.253 e. The van der Waals surface area contributed by atoms with Crippen LogP contribution in [0.1, 0.15) is 35.0 Å². The minimum absolute atomic E-state index is 0.00671. The molecule has 1 atom stereocenters. The van der Waals surface area contributed by atoms with E-state index in [0.29, 0.717) is 23.8 Å². The van der Waals surface area contributed by atoms with Crippen molar-refractivity contribution >= 4 is 5.91 Å². The predicted octanol–water partition coefficient (Wildman–Crippen LogP) is 3.77. The Bertz CT molecular complexity index is 966. The first-order valence-corrected chi connectivity index (χ1v) is 9.59. The van der Waals surface area contributed by atoms with E-state index >= 15 is 0 Å². The molecule has 0 bridgehead atoms. The van der Waals surface area contributed by atoms with E-state index in [1.807, 2.05) is 29.2 Å². The van der Waals surface area contributed by atoms with Crippen molar-refractivity contribution in [3.8, 4) is 22.9 Å². The number of hydrogen-bond donors (Lipinski definition) is 0. The van der Waals surface area contributed by atoms with Crippen LogP contribution in [-0.2, 0) is 0 Å². The largest absolute Gasteiger partial charge is 0.497 e. The van der Waals surface area contributed by atoms with Crippen molar-refractivity contribution in [1.82, 2.24) is 15.0 Å². The zero-order valence-electron chi connectivity index (χ0n) is 16.5. The van der Waals surface area contributed by atoms with Gasteiger partial charge in [0.15, 0.2) is 0 Å². The number of carbonyl (C=O) groups excluding carboxylic acids is 1. The van der Waals surface area contributed by atoms with E-state index < -0.39 is 0 Å². The fourth-order valence-electron chi connectivity index (χ4n) is 3.54. The fraction of sp³-hybridized carbons (Fsp3) is 0.318. The van der Waals surface area contributed by atoms with Crippen LogP contribution in [0, 0.1) is 0 Å². The van der Waals surface area contributed by atoms with Gasteiger partial charge >= 0.3 is 0 Å². The van der Waals surface area contributed by atoms with Gasteiger partial charge in [-0.15, -0.1) is 0 Å². The summed E-state index contributed by atoms with van der Waals surface area (Å²) in [7, 11) is 3.24. The summed E-state index contributed by atoms with van der Waals surface area (Å²) in [5.74, 6) is 2.66. The lowest BCUT2D eigenvalue weighted by atomic mass is 9.97. The second kappa shape index (κ2) is 8.34. The van der Waals surface area contributed by atoms with Crippen LogP contribution in [-0.4, -0.2) is 48.3 Å². The molecule has 1 aliphatic heterocycles. The number of ether oxygens (including phenoxy) is 2. The van der Waals surface area contributed by atoms with Crippen LogP contribution in [0.15, 0.2) is 53.1 Å². The number of nitrogens with zero attached hydrogens (tertiary/aromatic N) is 3. The number of piperidine rings is 1. The third kappa shape index (κ3) is 4.08. The number of benzene rings is 2. The molecule has 0 N–H and O–H groups in total. The number of likely N-dealkylation sites (tertiary alicyclic amines) is 1. The topological polar surface area (TPSA) is 77.7 Å². The van der Waals surface area contributed by atoms with Crippen molar-refractivity contribution in [2.75, 3.05) is 27.3 Å². The molecule has 2 heterocycles. The Hall–Kier alpha value is -3.35. The lowest BCUT2D eigenvalue weighted by Gasteiger charge is -2.31. The highest BCUT2D eigenvalue weighted by molar-refractivity contribution is 5.94. The maximum Gasteiger partial charge on any atom is 0.253 e. The van der Waals surface area contributed by atoms with E-state index in [1.165, 1.54) is 0 Å². The van der Waals surface area contributed by atoms with Gasteiger partial charge in [0.25, 0.3) is 5.91 Å². The van der Waals surface area contributed by atoms with Crippen LogP contribution in [0.3, 0.4) is 0 Å². The molecule has 1 aliphatic rings. The van der Waals surface area contributed by atoms with Gasteiger partial charge in [0.1, 0.15) is 11.5 Å². The summed E-state index contributed by atoms with van der Waals surface area (Å²) in [4.78, 5) is 19.3. The second-order valence-corrected chi connectivity index (χ2v) is 7.00. The zero-order chi connectivity index (χ0) is 20.2. The molecule has 0 saturated carbocycles. The molecule has 1 saturated heterocycles. The molecular weight excluding hydrogens is 370 g/mol. The number of methoxy groups -OCH3 is 2. The normalized spacial score (nSPS) is 16.5. The molecule has 1 amide bonds. The van der Waals surface area contributed by atoms with Crippen LogP contribution in [0.4, 0.5) is 0 Å². The third-order valence-electron chi connectivity index (χ3n) is 5.18. The molecule has 7 nitrogen and oxygen atoms in total. The monoisotopic (exact) mass is 393 g/mol. The van der Waals surface area contributed by atoms with Crippen LogP contribution in [0.25, 0.3) is 11.4 Å². The highest BCUT2D eigenvalue weighted by atomic mass is 16.5. The molecule has 4 rings (SSSR count). The summed E-state index contributed by atoms with van der Waals surface area (Å²) in [5.41, 5.74) is 1.51. The molecule has 29 heavy (non-hydrogen) atoms. The average molecular weight is 393 g/mol. The summed E-state index contributed by atoms with van der Waals surface area (Å²) in [6.07, 6.45) is 1.81. The Balaban J connectivity index is 1.46. The summed E-state index contributed by atoms with van der Waals surface area (Å²) < 4.78 is 15.9. The Labute approximate surface area is 169 Å². The summed E-state index contributed by atoms with van der Waals surface area (Å²) in [6.45, 7) is 1.29. The number of amides is 1. The first-order chi connectivity index (χ1) is 14.2. The van der Waals surface area contributed by atoms with Crippen LogP contribution in [0.2, 0.25) is 0 Å². The first-order valence-electron chi connectivity index (χ1n) is 9.59. The second-order valence-electron chi connectivity index (χ2n) is 7.00. The minimum Gasteiger partial charge on any atom is -0.497 e. The Kier molecular flexibility index (Phi) is 5.46. The van der Waals surface area contributed by atoms with E-state index in [-0.39, 0.29) is 11.8 Å². The fourth-order valence-corrected chi connectivity index (χ4v) is 3.54. The molecule has 2 aromatic carbocycles. The zero-order valence-corrected chi connectivity index (χ0v) is 16.5. The highest BCUT2D eigenvalue weighted by Gasteiger charge is 2.29. The maximum absolute atomic E-state index is 12.9. The van der Waals surface area contributed by atoms with E-state index in [1.54, 1.807) is 38.5 Å². The van der Waals surface area contributed by atoms with Gasteiger partial charge in [0, 0.05) is 24.2 Å². The van der Waals surface area contributed by atoms with Crippen molar-refractivity contribution in [2.45, 2.75) is 18.8 Å². The van der Waals surface area contributed by atoms with Crippen LogP contribution < -0.4 is 9.47 Å². The maximum atomic E-state index is 12.9. The third-order valence-corrected chi connectivity index (χ3v) is 5.18. The Morgan fingerprint density at radius 2 is 1.69 bits per heavy atom. The van der Waals surface area contributed by atoms with Gasteiger partial charge in [0.2, 0.25) is 11.7 Å². The molecule has 3 aromatic rings. The molecule has 1 aromatic heterocycles. The Morgan fingerprint density at radius 3 is 2.34 bits per heavy atom. The van der Waals surface area contributed by atoms with Crippen molar-refractivity contribution in [3.63, 3.8) is 0 Å². The lowest BCUT2D eigenvalue weighted by molar-refractivity contribution is 0.0695. The first kappa shape index (κ1) is 19.0. The van der Waals surface area contributed by atoms with Gasteiger partial charge in [-0.3, -0.25) is 4.79 Å². The van der Waals surface area contributed by atoms with E-state index in [0.717, 1.165) is 36.4 Å². The molecule has 1 fully saturated rings. The number of carbonyl (C=O) groups is 1. The molecule has 0 unspecified atom stereocenters. The van der Waals surface area contributed by atoms with Gasteiger partial charge in [0.05, 0.1) is 20.1 Å². The SMILES string of the molecule is COc1ccc(C(=O)N2CCC[C@H](c3nc(-c4ccc(OC)cc4)no3)C2)cc1. The van der Waals surface area contributed by atoms with Crippen LogP contribution in [0.5, 0.6) is 11.5 Å².